The molecule has 18 heavy (non-hydrogen) atoms. The van der Waals surface area contributed by atoms with Gasteiger partial charge in [0.15, 0.2) is 0 Å². The topological polar surface area (TPSA) is 86.6 Å². The molecule has 1 aromatic rings. The highest BCUT2D eigenvalue weighted by molar-refractivity contribution is 5.84. The minimum absolute atomic E-state index is 0.143. The van der Waals surface area contributed by atoms with Crippen LogP contribution in [0.5, 0.6) is 0 Å². The van der Waals surface area contributed by atoms with Crippen LogP contribution < -0.4 is 5.32 Å². The van der Waals surface area contributed by atoms with Crippen LogP contribution in [0.4, 0.5) is 0 Å². The van der Waals surface area contributed by atoms with Crippen molar-refractivity contribution >= 4 is 11.9 Å². The predicted octanol–water partition coefficient (Wildman–Crippen LogP) is 1.09. The molecule has 0 atom stereocenters. The first-order valence-corrected chi connectivity index (χ1v) is 5.79. The molecule has 1 aliphatic rings. The van der Waals surface area contributed by atoms with E-state index < -0.39 is 23.4 Å². The molecule has 1 aliphatic carbocycles. The molecule has 0 radical (unpaired) electrons. The average molecular weight is 249 g/mol. The molecule has 5 heteroatoms. The highest BCUT2D eigenvalue weighted by Crippen LogP contribution is 2.38. The lowest BCUT2D eigenvalue weighted by Crippen LogP contribution is -2.61. The normalized spacial score (nSPS) is 26.3. The summed E-state index contributed by atoms with van der Waals surface area (Å²) >= 11 is 0. The van der Waals surface area contributed by atoms with Crippen LogP contribution in [-0.2, 0) is 16.1 Å². The Balaban J connectivity index is 1.97. The number of hydrogen-bond acceptors (Lipinski definition) is 3. The van der Waals surface area contributed by atoms with Gasteiger partial charge in [-0.25, -0.2) is 0 Å². The van der Waals surface area contributed by atoms with Crippen LogP contribution in [-0.4, -0.2) is 27.7 Å². The SMILES string of the molecule is O=C(O)C1CC(NCc2ccccc2)(C(=O)O)C1. The maximum atomic E-state index is 11.2. The van der Waals surface area contributed by atoms with Crippen molar-refractivity contribution in [1.29, 1.82) is 0 Å². The Morgan fingerprint density at radius 2 is 1.83 bits per heavy atom. The first-order valence-electron chi connectivity index (χ1n) is 5.79. The van der Waals surface area contributed by atoms with Crippen molar-refractivity contribution in [3.63, 3.8) is 0 Å². The van der Waals surface area contributed by atoms with Crippen molar-refractivity contribution in [3.8, 4) is 0 Å². The van der Waals surface area contributed by atoms with E-state index in [1.807, 2.05) is 30.3 Å². The van der Waals surface area contributed by atoms with E-state index in [1.165, 1.54) is 0 Å². The van der Waals surface area contributed by atoms with Crippen LogP contribution in [0.2, 0.25) is 0 Å². The largest absolute Gasteiger partial charge is 0.481 e. The van der Waals surface area contributed by atoms with E-state index >= 15 is 0 Å². The van der Waals surface area contributed by atoms with Crippen molar-refractivity contribution in [2.75, 3.05) is 0 Å². The summed E-state index contributed by atoms with van der Waals surface area (Å²) in [5, 5.41) is 21.0. The Morgan fingerprint density at radius 3 is 2.33 bits per heavy atom. The number of nitrogens with one attached hydrogen (secondary N) is 1. The minimum atomic E-state index is -1.08. The molecule has 1 fully saturated rings. The summed E-state index contributed by atoms with van der Waals surface area (Å²) in [5.41, 5.74) is -0.101. The fourth-order valence-corrected chi connectivity index (χ4v) is 2.22. The molecule has 0 unspecified atom stereocenters. The van der Waals surface area contributed by atoms with E-state index in [0.717, 1.165) is 5.56 Å². The average Bonchev–Trinajstić information content (AvgIpc) is 2.28. The molecule has 96 valence electrons. The smallest absolute Gasteiger partial charge is 0.323 e. The molecule has 1 saturated carbocycles. The zero-order valence-corrected chi connectivity index (χ0v) is 9.80. The monoisotopic (exact) mass is 249 g/mol. The van der Waals surface area contributed by atoms with Gasteiger partial charge >= 0.3 is 11.9 Å². The Bertz CT molecular complexity index is 451. The number of carboxylic acids is 2. The molecule has 0 saturated heterocycles. The van der Waals surface area contributed by atoms with E-state index in [9.17, 15) is 14.7 Å². The van der Waals surface area contributed by atoms with Crippen molar-refractivity contribution in [2.24, 2.45) is 5.92 Å². The van der Waals surface area contributed by atoms with Gasteiger partial charge in [-0.1, -0.05) is 30.3 Å². The summed E-state index contributed by atoms with van der Waals surface area (Å²) in [4.78, 5) is 22.0. The molecule has 0 heterocycles. The zero-order chi connectivity index (χ0) is 13.2. The molecule has 0 aromatic heterocycles. The van der Waals surface area contributed by atoms with Gasteiger partial charge in [-0.05, 0) is 18.4 Å². The molecular weight excluding hydrogens is 234 g/mol. The Kier molecular flexibility index (Phi) is 3.34. The van der Waals surface area contributed by atoms with Gasteiger partial charge in [0.1, 0.15) is 5.54 Å². The fourth-order valence-electron chi connectivity index (χ4n) is 2.22. The van der Waals surface area contributed by atoms with Gasteiger partial charge in [0, 0.05) is 6.54 Å². The van der Waals surface area contributed by atoms with Crippen LogP contribution >= 0.6 is 0 Å². The number of hydrogen-bond donors (Lipinski definition) is 3. The number of aliphatic carboxylic acids is 2. The van der Waals surface area contributed by atoms with Crippen molar-refractivity contribution in [3.05, 3.63) is 35.9 Å². The summed E-state index contributed by atoms with van der Waals surface area (Å²) in [5.74, 6) is -2.45. The molecular formula is C13H15NO4. The van der Waals surface area contributed by atoms with E-state index in [4.69, 9.17) is 5.11 Å². The van der Waals surface area contributed by atoms with Crippen LogP contribution in [0.15, 0.2) is 30.3 Å². The summed E-state index contributed by atoms with van der Waals surface area (Å²) in [6.45, 7) is 0.430. The molecule has 0 amide bonds. The lowest BCUT2D eigenvalue weighted by molar-refractivity contribution is -0.159. The summed E-state index contributed by atoms with van der Waals surface area (Å²) in [7, 11) is 0. The van der Waals surface area contributed by atoms with Gasteiger partial charge in [0.25, 0.3) is 0 Å². The molecule has 1 aromatic carbocycles. The van der Waals surface area contributed by atoms with Crippen LogP contribution in [0.1, 0.15) is 18.4 Å². The van der Waals surface area contributed by atoms with Gasteiger partial charge in [-0.2, -0.15) is 0 Å². The van der Waals surface area contributed by atoms with Crippen molar-refractivity contribution < 1.29 is 19.8 Å². The first kappa shape index (κ1) is 12.6. The van der Waals surface area contributed by atoms with E-state index in [1.54, 1.807) is 0 Å². The van der Waals surface area contributed by atoms with Gasteiger partial charge in [0.05, 0.1) is 5.92 Å². The summed E-state index contributed by atoms with van der Waals surface area (Å²) in [6, 6.07) is 9.45. The number of carbonyl (C=O) groups is 2. The van der Waals surface area contributed by atoms with E-state index in [0.29, 0.717) is 6.54 Å². The third-order valence-electron chi connectivity index (χ3n) is 3.42. The van der Waals surface area contributed by atoms with E-state index in [-0.39, 0.29) is 12.8 Å². The van der Waals surface area contributed by atoms with Crippen molar-refractivity contribution in [2.45, 2.75) is 24.9 Å². The standard InChI is InChI=1S/C13H15NO4/c15-11(16)10-6-13(7-10,12(17)18)14-8-9-4-2-1-3-5-9/h1-5,10,14H,6-8H2,(H,15,16)(H,17,18). The lowest BCUT2D eigenvalue weighted by Gasteiger charge is -2.43. The maximum absolute atomic E-state index is 11.2. The number of rotatable bonds is 5. The van der Waals surface area contributed by atoms with E-state index in [2.05, 4.69) is 5.32 Å². The summed E-state index contributed by atoms with van der Waals surface area (Å²) < 4.78 is 0. The summed E-state index contributed by atoms with van der Waals surface area (Å²) in [6.07, 6.45) is 0.287. The number of carboxylic acid groups (broad SMARTS) is 2. The molecule has 0 aliphatic heterocycles. The Morgan fingerprint density at radius 1 is 1.22 bits per heavy atom. The van der Waals surface area contributed by atoms with Gasteiger partial charge in [0.2, 0.25) is 0 Å². The molecule has 2 rings (SSSR count). The quantitative estimate of drug-likeness (QED) is 0.727. The maximum Gasteiger partial charge on any atom is 0.323 e. The van der Waals surface area contributed by atoms with Crippen LogP contribution in [0.3, 0.4) is 0 Å². The second kappa shape index (κ2) is 4.78. The van der Waals surface area contributed by atoms with Crippen LogP contribution in [0, 0.1) is 5.92 Å². The van der Waals surface area contributed by atoms with Gasteiger partial charge in [-0.15, -0.1) is 0 Å². The number of benzene rings is 1. The highest BCUT2D eigenvalue weighted by Gasteiger charge is 2.52. The third kappa shape index (κ3) is 2.36. The molecule has 0 bridgehead atoms. The zero-order valence-electron chi connectivity index (χ0n) is 9.80. The molecule has 0 spiro atoms. The molecule has 3 N–H and O–H groups in total. The minimum Gasteiger partial charge on any atom is -0.481 e. The Labute approximate surface area is 104 Å². The predicted molar refractivity (Wildman–Crippen MR) is 64.0 cm³/mol. The second-order valence-corrected chi connectivity index (χ2v) is 4.67. The van der Waals surface area contributed by atoms with Crippen LogP contribution in [0.25, 0.3) is 0 Å². The fraction of sp³-hybridized carbons (Fsp3) is 0.385. The second-order valence-electron chi connectivity index (χ2n) is 4.67. The van der Waals surface area contributed by atoms with Gasteiger partial charge in [-0.3, -0.25) is 14.9 Å². The third-order valence-corrected chi connectivity index (χ3v) is 3.42. The lowest BCUT2D eigenvalue weighted by atomic mass is 9.68. The van der Waals surface area contributed by atoms with Crippen molar-refractivity contribution in [1.82, 2.24) is 5.32 Å². The molecule has 5 nitrogen and oxygen atoms in total. The van der Waals surface area contributed by atoms with Gasteiger partial charge < -0.3 is 10.2 Å². The Hall–Kier alpha value is -1.88. The first-order chi connectivity index (χ1) is 8.53. The highest BCUT2D eigenvalue weighted by atomic mass is 16.4.